The number of halogens is 2. The Bertz CT molecular complexity index is 1160. The van der Waals surface area contributed by atoms with E-state index in [0.29, 0.717) is 45.4 Å². The van der Waals surface area contributed by atoms with Gasteiger partial charge in [-0.15, -0.1) is 0 Å². The smallest absolute Gasteiger partial charge is 0.261 e. The summed E-state index contributed by atoms with van der Waals surface area (Å²) in [6.07, 6.45) is 4.09. The van der Waals surface area contributed by atoms with Crippen LogP contribution in [-0.2, 0) is 6.54 Å². The summed E-state index contributed by atoms with van der Waals surface area (Å²) < 4.78 is 1.66. The Morgan fingerprint density at radius 2 is 1.84 bits per heavy atom. The van der Waals surface area contributed by atoms with Crippen molar-refractivity contribution in [2.75, 3.05) is 6.54 Å². The van der Waals surface area contributed by atoms with E-state index >= 15 is 0 Å². The van der Waals surface area contributed by atoms with Crippen molar-refractivity contribution in [3.05, 3.63) is 74.3 Å². The minimum atomic E-state index is -0.409. The van der Waals surface area contributed by atoms with Crippen LogP contribution < -0.4 is 5.56 Å². The zero-order valence-electron chi connectivity index (χ0n) is 18.8. The Morgan fingerprint density at radius 3 is 2.53 bits per heavy atom. The number of carbonyl (C=O) groups is 1. The molecule has 3 rings (SSSR count). The van der Waals surface area contributed by atoms with Gasteiger partial charge in [-0.2, -0.15) is 0 Å². The van der Waals surface area contributed by atoms with Crippen LogP contribution in [0.25, 0.3) is 10.9 Å². The predicted octanol–water partition coefficient (Wildman–Crippen LogP) is 6.51. The lowest BCUT2D eigenvalue weighted by molar-refractivity contribution is 0.0675. The first-order chi connectivity index (χ1) is 15.4. The second-order valence-electron chi connectivity index (χ2n) is 7.90. The number of unbranched alkanes of at least 4 members (excludes halogenated alkanes) is 3. The zero-order valence-corrected chi connectivity index (χ0v) is 20.3. The fourth-order valence-electron chi connectivity index (χ4n) is 3.95. The molecule has 0 aliphatic rings. The summed E-state index contributed by atoms with van der Waals surface area (Å²) in [4.78, 5) is 33.3. The normalized spacial score (nSPS) is 12.2. The lowest BCUT2D eigenvalue weighted by Gasteiger charge is -2.31. The molecule has 7 heteroatoms. The van der Waals surface area contributed by atoms with E-state index in [1.54, 1.807) is 33.7 Å². The lowest BCUT2D eigenvalue weighted by atomic mass is 10.1. The highest BCUT2D eigenvalue weighted by molar-refractivity contribution is 6.36. The van der Waals surface area contributed by atoms with Crippen molar-refractivity contribution in [2.45, 2.75) is 59.0 Å². The van der Waals surface area contributed by atoms with E-state index in [4.69, 9.17) is 28.2 Å². The first kappa shape index (κ1) is 24.3. The van der Waals surface area contributed by atoms with Crippen LogP contribution in [0.3, 0.4) is 0 Å². The average Bonchev–Trinajstić information content (AvgIpc) is 2.78. The summed E-state index contributed by atoms with van der Waals surface area (Å²) in [5.41, 5.74) is 0.930. The van der Waals surface area contributed by atoms with Gasteiger partial charge in [0, 0.05) is 18.1 Å². The maximum atomic E-state index is 13.6. The molecule has 0 radical (unpaired) electrons. The highest BCUT2D eigenvalue weighted by Gasteiger charge is 2.27. The van der Waals surface area contributed by atoms with Crippen molar-refractivity contribution < 1.29 is 4.79 Å². The molecule has 0 N–H and O–H groups in total. The maximum Gasteiger partial charge on any atom is 0.261 e. The van der Waals surface area contributed by atoms with E-state index in [0.717, 1.165) is 25.7 Å². The van der Waals surface area contributed by atoms with Gasteiger partial charge in [0.25, 0.3) is 11.5 Å². The molecule has 0 aliphatic carbocycles. The third-order valence-electron chi connectivity index (χ3n) is 5.72. The third kappa shape index (κ3) is 5.16. The molecule has 0 spiro atoms. The molecule has 0 saturated heterocycles. The van der Waals surface area contributed by atoms with Gasteiger partial charge in [0.2, 0.25) is 0 Å². The summed E-state index contributed by atoms with van der Waals surface area (Å²) in [6.45, 7) is 7.00. The Morgan fingerprint density at radius 1 is 1.09 bits per heavy atom. The summed E-state index contributed by atoms with van der Waals surface area (Å²) in [6, 6.07) is 11.8. The molecule has 1 atom stereocenters. The van der Waals surface area contributed by atoms with Crippen LogP contribution in [0.5, 0.6) is 0 Å². The summed E-state index contributed by atoms with van der Waals surface area (Å²) in [5, 5.41) is 1.37. The molecule has 0 saturated carbocycles. The Kier molecular flexibility index (Phi) is 8.32. The van der Waals surface area contributed by atoms with Gasteiger partial charge < -0.3 is 4.90 Å². The third-order valence-corrected chi connectivity index (χ3v) is 6.27. The number of rotatable bonds is 9. The topological polar surface area (TPSA) is 55.2 Å². The van der Waals surface area contributed by atoms with Gasteiger partial charge in [0.15, 0.2) is 0 Å². The van der Waals surface area contributed by atoms with Crippen LogP contribution in [0, 0.1) is 0 Å². The van der Waals surface area contributed by atoms with Crippen LogP contribution in [0.4, 0.5) is 0 Å². The van der Waals surface area contributed by atoms with E-state index in [9.17, 15) is 9.59 Å². The number of carbonyl (C=O) groups excluding carboxylic acids is 1. The second kappa shape index (κ2) is 11.0. The van der Waals surface area contributed by atoms with Gasteiger partial charge in [-0.3, -0.25) is 14.2 Å². The van der Waals surface area contributed by atoms with Gasteiger partial charge >= 0.3 is 0 Å². The molecule has 3 aromatic rings. The van der Waals surface area contributed by atoms with E-state index in [2.05, 4.69) is 6.92 Å². The average molecular weight is 474 g/mol. The lowest BCUT2D eigenvalue weighted by Crippen LogP contribution is -2.38. The minimum Gasteiger partial charge on any atom is -0.329 e. The van der Waals surface area contributed by atoms with E-state index in [1.165, 1.54) is 0 Å². The predicted molar refractivity (Wildman–Crippen MR) is 132 cm³/mol. The molecule has 1 amide bonds. The quantitative estimate of drug-likeness (QED) is 0.333. The molecule has 170 valence electrons. The molecule has 2 aromatic carbocycles. The number of aromatic nitrogens is 2. The molecule has 0 fully saturated rings. The van der Waals surface area contributed by atoms with Crippen LogP contribution >= 0.6 is 23.2 Å². The molecule has 1 aromatic heterocycles. The highest BCUT2D eigenvalue weighted by atomic mass is 35.5. The van der Waals surface area contributed by atoms with Crippen molar-refractivity contribution in [2.24, 2.45) is 0 Å². The SMILES string of the molecule is CCCCCCN(C(=O)c1ccc(Cl)cc1Cl)C(C)c1nc2ccccc2c(=O)n1CC. The molecular formula is C25H29Cl2N3O2. The second-order valence-corrected chi connectivity index (χ2v) is 8.74. The highest BCUT2D eigenvalue weighted by Crippen LogP contribution is 2.27. The number of fused-ring (bicyclic) bond motifs is 1. The first-order valence-corrected chi connectivity index (χ1v) is 11.9. The molecule has 0 bridgehead atoms. The van der Waals surface area contributed by atoms with Crippen molar-refractivity contribution in [1.29, 1.82) is 0 Å². The van der Waals surface area contributed by atoms with Gasteiger partial charge in [0.1, 0.15) is 5.82 Å². The van der Waals surface area contributed by atoms with Gasteiger partial charge in [0.05, 0.1) is 27.5 Å². The van der Waals surface area contributed by atoms with Crippen molar-refractivity contribution in [3.63, 3.8) is 0 Å². The van der Waals surface area contributed by atoms with E-state index < -0.39 is 6.04 Å². The number of para-hydroxylation sites is 1. The van der Waals surface area contributed by atoms with Gasteiger partial charge in [-0.1, -0.05) is 61.5 Å². The molecule has 1 heterocycles. The van der Waals surface area contributed by atoms with E-state index in [-0.39, 0.29) is 11.5 Å². The molecule has 5 nitrogen and oxygen atoms in total. The largest absolute Gasteiger partial charge is 0.329 e. The molecular weight excluding hydrogens is 445 g/mol. The fraction of sp³-hybridized carbons (Fsp3) is 0.400. The minimum absolute atomic E-state index is 0.0946. The monoisotopic (exact) mass is 473 g/mol. The zero-order chi connectivity index (χ0) is 23.3. The van der Waals surface area contributed by atoms with Crippen molar-refractivity contribution in [1.82, 2.24) is 14.5 Å². The Hall–Kier alpha value is -2.37. The number of hydrogen-bond donors (Lipinski definition) is 0. The number of nitrogens with zero attached hydrogens (tertiary/aromatic N) is 3. The summed E-state index contributed by atoms with van der Waals surface area (Å²) in [5.74, 6) is 0.380. The van der Waals surface area contributed by atoms with Crippen LogP contribution in [0.2, 0.25) is 10.0 Å². The first-order valence-electron chi connectivity index (χ1n) is 11.1. The number of amides is 1. The van der Waals surface area contributed by atoms with Crippen LogP contribution in [0.1, 0.15) is 68.7 Å². The van der Waals surface area contributed by atoms with Gasteiger partial charge in [-0.25, -0.2) is 4.98 Å². The maximum absolute atomic E-state index is 13.6. The number of benzene rings is 2. The fourth-order valence-corrected chi connectivity index (χ4v) is 4.44. The van der Waals surface area contributed by atoms with Crippen molar-refractivity contribution >= 4 is 40.0 Å². The molecule has 32 heavy (non-hydrogen) atoms. The standard InChI is InChI=1S/C25H29Cl2N3O2/c1-4-6-7-10-15-30(24(31)19-14-13-18(26)16-21(19)27)17(3)23-28-22-12-9-8-11-20(22)25(32)29(23)5-2/h8-9,11-14,16-17H,4-7,10,15H2,1-3H3. The van der Waals surface area contributed by atoms with Crippen LogP contribution in [-0.4, -0.2) is 26.9 Å². The van der Waals surface area contributed by atoms with Crippen molar-refractivity contribution in [3.8, 4) is 0 Å². The summed E-state index contributed by atoms with van der Waals surface area (Å²) >= 11 is 12.4. The Labute approximate surface area is 199 Å². The van der Waals surface area contributed by atoms with E-state index in [1.807, 2.05) is 32.0 Å². The number of hydrogen-bond acceptors (Lipinski definition) is 3. The van der Waals surface area contributed by atoms with Crippen LogP contribution in [0.15, 0.2) is 47.3 Å². The Balaban J connectivity index is 2.06. The summed E-state index contributed by atoms with van der Waals surface area (Å²) in [7, 11) is 0. The molecule has 0 aliphatic heterocycles. The molecule has 1 unspecified atom stereocenters. The van der Waals surface area contributed by atoms with Gasteiger partial charge in [-0.05, 0) is 50.6 Å².